The van der Waals surface area contributed by atoms with Gasteiger partial charge in [-0.3, -0.25) is 4.79 Å². The molecule has 0 spiro atoms. The maximum absolute atomic E-state index is 12.5. The number of aliphatic hydroxyl groups is 3. The molecule has 0 saturated heterocycles. The zero-order valence-corrected chi connectivity index (χ0v) is 35.0. The summed E-state index contributed by atoms with van der Waals surface area (Å²) in [6, 6.07) is -0.797. The molecule has 0 aliphatic rings. The van der Waals surface area contributed by atoms with Gasteiger partial charge in [-0.15, -0.1) is 0 Å². The van der Waals surface area contributed by atoms with Gasteiger partial charge < -0.3 is 20.6 Å². The summed E-state index contributed by atoms with van der Waals surface area (Å²) in [5, 5.41) is 33.2. The number of hydrogen-bond acceptors (Lipinski definition) is 4. The summed E-state index contributed by atoms with van der Waals surface area (Å²) in [7, 11) is 0. The number of rotatable bonds is 42. The molecule has 308 valence electrons. The van der Waals surface area contributed by atoms with E-state index in [1.54, 1.807) is 6.08 Å². The van der Waals surface area contributed by atoms with Crippen molar-refractivity contribution < 1.29 is 20.1 Å². The number of hydrogen-bond donors (Lipinski definition) is 4. The van der Waals surface area contributed by atoms with Crippen LogP contribution >= 0.6 is 0 Å². The predicted molar refractivity (Wildman–Crippen MR) is 227 cm³/mol. The van der Waals surface area contributed by atoms with Gasteiger partial charge in [0.15, 0.2) is 0 Å². The Kier molecular flexibility index (Phi) is 41.6. The summed E-state index contributed by atoms with van der Waals surface area (Å²) in [4.78, 5) is 12.5. The minimum Gasteiger partial charge on any atom is -0.394 e. The van der Waals surface area contributed by atoms with E-state index < -0.39 is 24.2 Å². The Balaban J connectivity index is 3.63. The first-order chi connectivity index (χ1) is 25.6. The molecule has 1 amide bonds. The van der Waals surface area contributed by atoms with E-state index in [2.05, 4.69) is 31.3 Å². The fourth-order valence-electron chi connectivity index (χ4n) is 7.12. The van der Waals surface area contributed by atoms with Crippen LogP contribution in [0.25, 0.3) is 0 Å². The van der Waals surface area contributed by atoms with E-state index in [1.807, 2.05) is 6.08 Å². The number of aliphatic hydroxyl groups excluding tert-OH is 3. The molecule has 5 heteroatoms. The summed E-state index contributed by atoms with van der Waals surface area (Å²) in [5.74, 6) is -0.505. The molecule has 0 bridgehead atoms. The van der Waals surface area contributed by atoms with Gasteiger partial charge in [-0.2, -0.15) is 0 Å². The smallest absolute Gasteiger partial charge is 0.249 e. The van der Waals surface area contributed by atoms with Crippen LogP contribution in [0.3, 0.4) is 0 Å². The zero-order chi connectivity index (χ0) is 38.0. The third-order valence-electron chi connectivity index (χ3n) is 10.8. The lowest BCUT2D eigenvalue weighted by Gasteiger charge is -2.21. The predicted octanol–water partition coefficient (Wildman–Crippen LogP) is 13.4. The van der Waals surface area contributed by atoms with E-state index in [0.717, 1.165) is 32.1 Å². The van der Waals surface area contributed by atoms with Crippen LogP contribution in [0.15, 0.2) is 24.3 Å². The Morgan fingerprint density at radius 2 is 0.769 bits per heavy atom. The Morgan fingerprint density at radius 1 is 0.462 bits per heavy atom. The first-order valence-corrected chi connectivity index (χ1v) is 23.2. The fraction of sp³-hybridized carbons (Fsp3) is 0.894. The molecule has 0 aliphatic carbocycles. The molecule has 0 heterocycles. The molecule has 0 saturated carbocycles. The molecule has 5 nitrogen and oxygen atoms in total. The van der Waals surface area contributed by atoms with Crippen LogP contribution in [0.1, 0.15) is 245 Å². The van der Waals surface area contributed by atoms with Crippen LogP contribution in [0.2, 0.25) is 0 Å². The molecular weight excluding hydrogens is 643 g/mol. The van der Waals surface area contributed by atoms with Gasteiger partial charge in [0.05, 0.1) is 18.8 Å². The average molecular weight is 734 g/mol. The highest BCUT2D eigenvalue weighted by Gasteiger charge is 2.22. The van der Waals surface area contributed by atoms with Crippen LogP contribution in [0.5, 0.6) is 0 Å². The molecule has 52 heavy (non-hydrogen) atoms. The van der Waals surface area contributed by atoms with Gasteiger partial charge in [0.2, 0.25) is 5.91 Å². The minimum absolute atomic E-state index is 0.363. The SMILES string of the molecule is CCCCCCCCCCCCCC/C=C\CCCCCCCCCC(O)C(=O)NC(CO)C(O)/C=C/CCCCCCCCCCCCCCC. The molecular formula is C47H91NO4. The Labute approximate surface area is 324 Å². The highest BCUT2D eigenvalue weighted by molar-refractivity contribution is 5.80. The quantitative estimate of drug-likeness (QED) is 0.0371. The molecule has 0 rings (SSSR count). The van der Waals surface area contributed by atoms with Gasteiger partial charge in [-0.05, 0) is 44.9 Å². The number of carbonyl (C=O) groups is 1. The Bertz CT molecular complexity index is 768. The molecule has 3 unspecified atom stereocenters. The number of unbranched alkanes of at least 4 members (excludes halogenated alkanes) is 32. The van der Waals surface area contributed by atoms with Crippen LogP contribution in [0, 0.1) is 0 Å². The minimum atomic E-state index is -1.10. The third kappa shape index (κ3) is 37.2. The van der Waals surface area contributed by atoms with Crippen molar-refractivity contribution in [1.29, 1.82) is 0 Å². The van der Waals surface area contributed by atoms with Gasteiger partial charge in [-0.1, -0.05) is 224 Å². The van der Waals surface area contributed by atoms with Gasteiger partial charge in [0.1, 0.15) is 6.10 Å². The van der Waals surface area contributed by atoms with Crippen LogP contribution in [-0.4, -0.2) is 46.1 Å². The van der Waals surface area contributed by atoms with E-state index in [-0.39, 0.29) is 6.61 Å². The second-order valence-corrected chi connectivity index (χ2v) is 16.0. The van der Waals surface area contributed by atoms with E-state index in [0.29, 0.717) is 6.42 Å². The molecule has 0 aromatic heterocycles. The largest absolute Gasteiger partial charge is 0.394 e. The maximum Gasteiger partial charge on any atom is 0.249 e. The topological polar surface area (TPSA) is 89.8 Å². The van der Waals surface area contributed by atoms with E-state index >= 15 is 0 Å². The van der Waals surface area contributed by atoms with Crippen molar-refractivity contribution in [3.63, 3.8) is 0 Å². The first kappa shape index (κ1) is 50.8. The van der Waals surface area contributed by atoms with Crippen molar-refractivity contribution in [2.24, 2.45) is 0 Å². The van der Waals surface area contributed by atoms with Gasteiger partial charge in [0.25, 0.3) is 0 Å². The Morgan fingerprint density at radius 3 is 1.12 bits per heavy atom. The van der Waals surface area contributed by atoms with Crippen molar-refractivity contribution in [3.8, 4) is 0 Å². The molecule has 0 radical (unpaired) electrons. The highest BCUT2D eigenvalue weighted by atomic mass is 16.3. The Hall–Kier alpha value is -1.17. The van der Waals surface area contributed by atoms with Crippen molar-refractivity contribution in [2.75, 3.05) is 6.61 Å². The summed E-state index contributed by atoms with van der Waals surface area (Å²) in [6.45, 7) is 4.19. The number of carbonyl (C=O) groups excluding carboxylic acids is 1. The van der Waals surface area contributed by atoms with Crippen molar-refractivity contribution in [3.05, 3.63) is 24.3 Å². The molecule has 0 aromatic rings. The van der Waals surface area contributed by atoms with Crippen molar-refractivity contribution >= 4 is 5.91 Å². The summed E-state index contributed by atoms with van der Waals surface area (Å²) in [6.07, 6.45) is 52.1. The monoisotopic (exact) mass is 734 g/mol. The fourth-order valence-corrected chi connectivity index (χ4v) is 7.12. The number of amides is 1. The molecule has 0 aliphatic heterocycles. The number of allylic oxidation sites excluding steroid dienone is 3. The number of nitrogens with one attached hydrogen (secondary N) is 1. The van der Waals surface area contributed by atoms with Gasteiger partial charge >= 0.3 is 0 Å². The average Bonchev–Trinajstić information content (AvgIpc) is 3.15. The molecule has 3 atom stereocenters. The van der Waals surface area contributed by atoms with Crippen molar-refractivity contribution in [1.82, 2.24) is 5.32 Å². The first-order valence-electron chi connectivity index (χ1n) is 23.2. The van der Waals surface area contributed by atoms with Crippen LogP contribution < -0.4 is 5.32 Å². The highest BCUT2D eigenvalue weighted by Crippen LogP contribution is 2.15. The van der Waals surface area contributed by atoms with E-state index in [1.165, 1.54) is 193 Å². The molecule has 0 aromatic carbocycles. The van der Waals surface area contributed by atoms with E-state index in [9.17, 15) is 20.1 Å². The lowest BCUT2D eigenvalue weighted by Crippen LogP contribution is -2.48. The van der Waals surface area contributed by atoms with Gasteiger partial charge in [0, 0.05) is 0 Å². The summed E-state index contributed by atoms with van der Waals surface area (Å²) in [5.41, 5.74) is 0. The third-order valence-corrected chi connectivity index (χ3v) is 10.8. The summed E-state index contributed by atoms with van der Waals surface area (Å²) >= 11 is 0. The second kappa shape index (κ2) is 42.6. The van der Waals surface area contributed by atoms with Gasteiger partial charge in [-0.25, -0.2) is 0 Å². The second-order valence-electron chi connectivity index (χ2n) is 16.0. The standard InChI is InChI=1S/C47H91NO4/c1-3-5-7-9-11-13-15-17-19-20-21-22-23-24-25-26-28-30-32-34-36-38-40-42-46(51)47(52)48-44(43-49)45(50)41-39-37-35-33-31-29-27-18-16-14-12-10-8-6-4-2/h24-25,39,41,44-46,49-51H,3-23,26-38,40,42-43H2,1-2H3,(H,48,52)/b25-24-,41-39+. The maximum atomic E-state index is 12.5. The van der Waals surface area contributed by atoms with Crippen LogP contribution in [-0.2, 0) is 4.79 Å². The lowest BCUT2D eigenvalue weighted by molar-refractivity contribution is -0.131. The normalized spacial score (nSPS) is 13.7. The van der Waals surface area contributed by atoms with E-state index in [4.69, 9.17) is 0 Å². The summed E-state index contributed by atoms with van der Waals surface area (Å²) < 4.78 is 0. The molecule has 4 N–H and O–H groups in total. The zero-order valence-electron chi connectivity index (χ0n) is 35.0. The lowest BCUT2D eigenvalue weighted by atomic mass is 10.0. The van der Waals surface area contributed by atoms with Crippen molar-refractivity contribution in [2.45, 2.75) is 263 Å². The molecule has 0 fully saturated rings. The van der Waals surface area contributed by atoms with Crippen LogP contribution in [0.4, 0.5) is 0 Å².